The molecule has 1 saturated carbocycles. The zero-order valence-electron chi connectivity index (χ0n) is 10.9. The maximum Gasteiger partial charge on any atom is 0.303 e. The Morgan fingerprint density at radius 2 is 1.95 bits per heavy atom. The maximum atomic E-state index is 13.8. The molecule has 0 amide bonds. The number of halogens is 3. The largest absolute Gasteiger partial charge is 0.481 e. The van der Waals surface area contributed by atoms with E-state index in [-0.39, 0.29) is 16.6 Å². The first-order chi connectivity index (χ1) is 9.64. The van der Waals surface area contributed by atoms with Gasteiger partial charge in [-0.3, -0.25) is 4.79 Å². The Kier molecular flexibility index (Phi) is 4.39. The van der Waals surface area contributed by atoms with Crippen LogP contribution in [-0.4, -0.2) is 25.2 Å². The second kappa shape index (κ2) is 5.64. The van der Waals surface area contributed by atoms with Crippen molar-refractivity contribution in [2.24, 2.45) is 5.41 Å². The third-order valence-corrected chi connectivity index (χ3v) is 5.91. The van der Waals surface area contributed by atoms with Gasteiger partial charge in [0.05, 0.1) is 22.4 Å². The van der Waals surface area contributed by atoms with Gasteiger partial charge in [0.15, 0.2) is 9.84 Å². The Morgan fingerprint density at radius 3 is 2.48 bits per heavy atom. The highest BCUT2D eigenvalue weighted by Crippen LogP contribution is 2.50. The van der Waals surface area contributed by atoms with Crippen LogP contribution in [0.25, 0.3) is 0 Å². The predicted molar refractivity (Wildman–Crippen MR) is 75.5 cm³/mol. The summed E-state index contributed by atoms with van der Waals surface area (Å²) >= 11 is 2.88. The molecule has 8 heteroatoms. The number of carbonyl (C=O) groups is 1. The summed E-state index contributed by atoms with van der Waals surface area (Å²) in [5, 5.41) is 8.78. The van der Waals surface area contributed by atoms with Gasteiger partial charge in [-0.05, 0) is 46.3 Å². The summed E-state index contributed by atoms with van der Waals surface area (Å²) in [6.07, 6.45) is 0.764. The van der Waals surface area contributed by atoms with Crippen molar-refractivity contribution in [2.75, 3.05) is 5.75 Å². The van der Waals surface area contributed by atoms with Crippen molar-refractivity contribution in [1.29, 1.82) is 0 Å². The Bertz CT molecular complexity index is 684. The van der Waals surface area contributed by atoms with Gasteiger partial charge in [-0.1, -0.05) is 0 Å². The van der Waals surface area contributed by atoms with Crippen LogP contribution in [0.5, 0.6) is 0 Å². The maximum absolute atomic E-state index is 13.8. The van der Waals surface area contributed by atoms with Gasteiger partial charge >= 0.3 is 5.97 Å². The quantitative estimate of drug-likeness (QED) is 0.767. The molecule has 0 bridgehead atoms. The number of carboxylic acids is 1. The summed E-state index contributed by atoms with van der Waals surface area (Å²) in [6, 6.07) is 2.15. The number of hydrogen-bond donors (Lipinski definition) is 1. The van der Waals surface area contributed by atoms with Crippen LogP contribution < -0.4 is 0 Å². The van der Waals surface area contributed by atoms with E-state index in [9.17, 15) is 22.0 Å². The molecule has 1 aliphatic rings. The number of rotatable bonds is 6. The fourth-order valence-corrected chi connectivity index (χ4v) is 4.81. The van der Waals surface area contributed by atoms with Crippen molar-refractivity contribution in [2.45, 2.75) is 25.0 Å². The molecular weight excluding hydrogens is 370 g/mol. The van der Waals surface area contributed by atoms with Crippen LogP contribution in [0.3, 0.4) is 0 Å². The summed E-state index contributed by atoms with van der Waals surface area (Å²) in [4.78, 5) is 10.7. The molecule has 0 aromatic heterocycles. The summed E-state index contributed by atoms with van der Waals surface area (Å²) in [5.74, 6) is -4.07. The van der Waals surface area contributed by atoms with Crippen molar-refractivity contribution in [1.82, 2.24) is 0 Å². The summed E-state index contributed by atoms with van der Waals surface area (Å²) in [6.45, 7) is 0. The summed E-state index contributed by atoms with van der Waals surface area (Å²) < 4.78 is 51.6. The molecule has 0 saturated heterocycles. The third-order valence-electron chi connectivity index (χ3n) is 3.51. The lowest BCUT2D eigenvalue weighted by atomic mass is 10.1. The first kappa shape index (κ1) is 16.4. The molecule has 4 nitrogen and oxygen atoms in total. The average Bonchev–Trinajstić information content (AvgIpc) is 3.07. The van der Waals surface area contributed by atoms with Crippen LogP contribution >= 0.6 is 15.9 Å². The van der Waals surface area contributed by atoms with Crippen LogP contribution in [0.2, 0.25) is 0 Å². The van der Waals surface area contributed by atoms with E-state index in [2.05, 4.69) is 15.9 Å². The van der Waals surface area contributed by atoms with Crippen molar-refractivity contribution < 1.29 is 27.1 Å². The lowest BCUT2D eigenvalue weighted by molar-refractivity contribution is -0.138. The standard InChI is InChI=1S/C13H13BrF2O4S/c14-9-1-2-10(15)8(12(9)16)6-21(19,20)7-13(3-4-13)5-11(17)18/h1-2H,3-7H2,(H,17,18). The molecule has 116 valence electrons. The molecule has 1 aromatic carbocycles. The number of benzene rings is 1. The highest BCUT2D eigenvalue weighted by atomic mass is 79.9. The Morgan fingerprint density at radius 1 is 1.33 bits per heavy atom. The van der Waals surface area contributed by atoms with Gasteiger partial charge in [0.2, 0.25) is 0 Å². The molecule has 0 unspecified atom stereocenters. The van der Waals surface area contributed by atoms with Gasteiger partial charge in [-0.15, -0.1) is 0 Å². The molecule has 2 rings (SSSR count). The van der Waals surface area contributed by atoms with E-state index in [4.69, 9.17) is 5.11 Å². The number of hydrogen-bond acceptors (Lipinski definition) is 3. The first-order valence-electron chi connectivity index (χ1n) is 6.19. The lowest BCUT2D eigenvalue weighted by Gasteiger charge is -2.14. The molecular formula is C13H13BrF2O4S. The molecule has 0 heterocycles. The molecule has 0 atom stereocenters. The molecule has 1 N–H and O–H groups in total. The normalized spacial score (nSPS) is 16.7. The van der Waals surface area contributed by atoms with E-state index in [1.807, 2.05) is 0 Å². The highest BCUT2D eigenvalue weighted by molar-refractivity contribution is 9.10. The zero-order chi connectivity index (χ0) is 15.8. The van der Waals surface area contributed by atoms with Crippen LogP contribution in [0.1, 0.15) is 24.8 Å². The minimum absolute atomic E-state index is 0.0132. The second-order valence-corrected chi connectivity index (χ2v) is 8.34. The van der Waals surface area contributed by atoms with Gasteiger partial charge in [-0.25, -0.2) is 17.2 Å². The molecule has 1 aliphatic carbocycles. The van der Waals surface area contributed by atoms with Gasteiger partial charge in [0.25, 0.3) is 0 Å². The van der Waals surface area contributed by atoms with Gasteiger partial charge < -0.3 is 5.11 Å². The van der Waals surface area contributed by atoms with Crippen molar-refractivity contribution in [3.05, 3.63) is 33.8 Å². The number of sulfone groups is 1. The molecule has 0 spiro atoms. The minimum Gasteiger partial charge on any atom is -0.481 e. The van der Waals surface area contributed by atoms with Crippen LogP contribution in [0.15, 0.2) is 16.6 Å². The number of carboxylic acid groups (broad SMARTS) is 1. The van der Waals surface area contributed by atoms with E-state index in [0.29, 0.717) is 12.8 Å². The molecule has 1 fully saturated rings. The summed E-state index contributed by atoms with van der Waals surface area (Å²) in [7, 11) is -3.80. The van der Waals surface area contributed by atoms with E-state index >= 15 is 0 Å². The predicted octanol–water partition coefficient (Wildman–Crippen LogP) is 2.90. The summed E-state index contributed by atoms with van der Waals surface area (Å²) in [5.41, 5.74) is -1.29. The molecule has 0 radical (unpaired) electrons. The fraction of sp³-hybridized carbons (Fsp3) is 0.462. The fourth-order valence-electron chi connectivity index (χ4n) is 2.31. The average molecular weight is 383 g/mol. The Balaban J connectivity index is 2.19. The third kappa shape index (κ3) is 4.00. The van der Waals surface area contributed by atoms with Gasteiger partial charge in [0.1, 0.15) is 11.6 Å². The number of aliphatic carboxylic acids is 1. The van der Waals surface area contributed by atoms with Crippen molar-refractivity contribution in [3.63, 3.8) is 0 Å². The Hall–Kier alpha value is -1.02. The first-order valence-corrected chi connectivity index (χ1v) is 8.80. The van der Waals surface area contributed by atoms with Crippen molar-refractivity contribution >= 4 is 31.7 Å². The zero-order valence-corrected chi connectivity index (χ0v) is 13.3. The lowest BCUT2D eigenvalue weighted by Crippen LogP contribution is -2.22. The van der Waals surface area contributed by atoms with Gasteiger partial charge in [0, 0.05) is 5.56 Å². The van der Waals surface area contributed by atoms with E-state index in [1.165, 1.54) is 0 Å². The Labute approximate surface area is 129 Å². The topological polar surface area (TPSA) is 71.4 Å². The molecule has 0 aliphatic heterocycles. The van der Waals surface area contributed by atoms with E-state index < -0.39 is 44.2 Å². The minimum atomic E-state index is -3.80. The van der Waals surface area contributed by atoms with E-state index in [1.54, 1.807) is 0 Å². The van der Waals surface area contributed by atoms with Crippen LogP contribution in [-0.2, 0) is 20.4 Å². The van der Waals surface area contributed by atoms with E-state index in [0.717, 1.165) is 12.1 Å². The smallest absolute Gasteiger partial charge is 0.303 e. The molecule has 21 heavy (non-hydrogen) atoms. The van der Waals surface area contributed by atoms with Crippen molar-refractivity contribution in [3.8, 4) is 0 Å². The van der Waals surface area contributed by atoms with Gasteiger partial charge in [-0.2, -0.15) is 0 Å². The highest BCUT2D eigenvalue weighted by Gasteiger charge is 2.47. The SMILES string of the molecule is O=C(O)CC1(CS(=O)(=O)Cc2c(F)ccc(Br)c2F)CC1. The second-order valence-electron chi connectivity index (χ2n) is 5.42. The van der Waals surface area contributed by atoms with Crippen LogP contribution in [0, 0.1) is 17.0 Å². The molecule has 1 aromatic rings. The monoisotopic (exact) mass is 382 g/mol. The van der Waals surface area contributed by atoms with Crippen LogP contribution in [0.4, 0.5) is 8.78 Å².